The van der Waals surface area contributed by atoms with Crippen LogP contribution in [-0.4, -0.2) is 17.1 Å². The van der Waals surface area contributed by atoms with Crippen molar-refractivity contribution in [3.05, 3.63) is 23.9 Å². The van der Waals surface area contributed by atoms with Crippen molar-refractivity contribution in [2.75, 3.05) is 0 Å². The lowest BCUT2D eigenvalue weighted by atomic mass is 10.1. The predicted octanol–water partition coefficient (Wildman–Crippen LogP) is 3.15. The molecule has 0 amide bonds. The van der Waals surface area contributed by atoms with Crippen LogP contribution in [0.15, 0.2) is 18.3 Å². The van der Waals surface area contributed by atoms with Gasteiger partial charge in [-0.05, 0) is 45.1 Å². The first kappa shape index (κ1) is 13.3. The Morgan fingerprint density at radius 2 is 2.28 bits per heavy atom. The topological polar surface area (TPSA) is 34.2 Å². The molecule has 100 valence electrons. The molecule has 1 aliphatic rings. The van der Waals surface area contributed by atoms with E-state index in [1.165, 1.54) is 19.3 Å². The summed E-state index contributed by atoms with van der Waals surface area (Å²) in [6.07, 6.45) is 5.89. The van der Waals surface area contributed by atoms with E-state index >= 15 is 0 Å². The molecular weight excluding hydrogens is 224 g/mol. The lowest BCUT2D eigenvalue weighted by Crippen LogP contribution is -2.26. The lowest BCUT2D eigenvalue weighted by Gasteiger charge is -2.16. The largest absolute Gasteiger partial charge is 0.475 e. The molecule has 1 fully saturated rings. The van der Waals surface area contributed by atoms with E-state index in [9.17, 15) is 0 Å². The van der Waals surface area contributed by atoms with Gasteiger partial charge in [0.25, 0.3) is 0 Å². The Morgan fingerprint density at radius 1 is 1.44 bits per heavy atom. The number of pyridine rings is 1. The molecule has 0 saturated heterocycles. The van der Waals surface area contributed by atoms with Gasteiger partial charge in [0.1, 0.15) is 0 Å². The average molecular weight is 248 g/mol. The average Bonchev–Trinajstić information content (AvgIpc) is 2.73. The molecule has 1 saturated carbocycles. The molecule has 2 rings (SSSR count). The van der Waals surface area contributed by atoms with E-state index in [1.54, 1.807) is 6.20 Å². The van der Waals surface area contributed by atoms with Crippen LogP contribution in [0.5, 0.6) is 5.88 Å². The molecule has 1 N–H and O–H groups in total. The Kier molecular flexibility index (Phi) is 4.59. The highest BCUT2D eigenvalue weighted by atomic mass is 16.5. The summed E-state index contributed by atoms with van der Waals surface area (Å²) < 4.78 is 5.73. The second kappa shape index (κ2) is 6.19. The van der Waals surface area contributed by atoms with Gasteiger partial charge in [-0.3, -0.25) is 0 Å². The van der Waals surface area contributed by atoms with Crippen LogP contribution in [0.2, 0.25) is 0 Å². The van der Waals surface area contributed by atoms with Crippen molar-refractivity contribution >= 4 is 0 Å². The number of ether oxygens (including phenoxy) is 1. The minimum atomic E-state index is 0.171. The normalized spacial score (nSPS) is 23.6. The number of nitrogens with zero attached hydrogens (tertiary/aromatic N) is 1. The van der Waals surface area contributed by atoms with Crippen molar-refractivity contribution < 1.29 is 4.74 Å². The number of hydrogen-bond acceptors (Lipinski definition) is 3. The zero-order valence-corrected chi connectivity index (χ0v) is 11.6. The third kappa shape index (κ3) is 3.70. The van der Waals surface area contributed by atoms with E-state index in [1.807, 2.05) is 19.9 Å². The molecule has 0 bridgehead atoms. The molecule has 1 aromatic rings. The van der Waals surface area contributed by atoms with Crippen LogP contribution < -0.4 is 10.1 Å². The number of aromatic nitrogens is 1. The maximum Gasteiger partial charge on any atom is 0.218 e. The summed E-state index contributed by atoms with van der Waals surface area (Å²) in [5.74, 6) is 1.63. The summed E-state index contributed by atoms with van der Waals surface area (Å²) in [5, 5.41) is 3.62. The van der Waals surface area contributed by atoms with Gasteiger partial charge in [0.05, 0.1) is 6.10 Å². The second-order valence-corrected chi connectivity index (χ2v) is 5.63. The fourth-order valence-electron chi connectivity index (χ4n) is 2.53. The first-order valence-corrected chi connectivity index (χ1v) is 6.99. The highest BCUT2D eigenvalue weighted by Crippen LogP contribution is 2.25. The second-order valence-electron chi connectivity index (χ2n) is 5.63. The fraction of sp³-hybridized carbons (Fsp3) is 0.667. The molecule has 0 radical (unpaired) electrons. The van der Waals surface area contributed by atoms with E-state index < -0.39 is 0 Å². The first-order valence-electron chi connectivity index (χ1n) is 6.99. The third-order valence-electron chi connectivity index (χ3n) is 3.47. The van der Waals surface area contributed by atoms with Gasteiger partial charge in [-0.15, -0.1) is 0 Å². The molecule has 1 aliphatic carbocycles. The zero-order chi connectivity index (χ0) is 13.0. The van der Waals surface area contributed by atoms with Crippen LogP contribution in [0.3, 0.4) is 0 Å². The molecule has 1 heterocycles. The van der Waals surface area contributed by atoms with E-state index in [-0.39, 0.29) is 6.10 Å². The Morgan fingerprint density at radius 3 is 2.94 bits per heavy atom. The van der Waals surface area contributed by atoms with Crippen LogP contribution in [-0.2, 0) is 6.54 Å². The highest BCUT2D eigenvalue weighted by Gasteiger charge is 2.20. The standard InChI is InChI=1S/C15H24N2O/c1-11(2)18-15-13(5-4-8-16-15)10-17-14-7-6-12(3)9-14/h4-5,8,11-12,14,17H,6-7,9-10H2,1-3H3. The lowest BCUT2D eigenvalue weighted by molar-refractivity contribution is 0.229. The van der Waals surface area contributed by atoms with E-state index in [0.29, 0.717) is 6.04 Å². The number of nitrogens with one attached hydrogen (secondary N) is 1. The summed E-state index contributed by atoms with van der Waals surface area (Å²) in [7, 11) is 0. The van der Waals surface area contributed by atoms with Gasteiger partial charge in [-0.25, -0.2) is 4.98 Å². The van der Waals surface area contributed by atoms with Crippen LogP contribution >= 0.6 is 0 Å². The third-order valence-corrected chi connectivity index (χ3v) is 3.47. The molecule has 1 aromatic heterocycles. The van der Waals surface area contributed by atoms with Gasteiger partial charge in [0.15, 0.2) is 0 Å². The Hall–Kier alpha value is -1.09. The smallest absolute Gasteiger partial charge is 0.218 e. The van der Waals surface area contributed by atoms with Crippen molar-refractivity contribution in [2.45, 2.75) is 58.7 Å². The Bertz CT molecular complexity index is 379. The maximum absolute atomic E-state index is 5.73. The maximum atomic E-state index is 5.73. The summed E-state index contributed by atoms with van der Waals surface area (Å²) in [4.78, 5) is 4.32. The van der Waals surface area contributed by atoms with E-state index in [0.717, 1.165) is 23.9 Å². The van der Waals surface area contributed by atoms with Gasteiger partial charge in [0.2, 0.25) is 5.88 Å². The molecule has 3 heteroatoms. The summed E-state index contributed by atoms with van der Waals surface area (Å²) in [6, 6.07) is 4.73. The molecule has 18 heavy (non-hydrogen) atoms. The van der Waals surface area contributed by atoms with Crippen molar-refractivity contribution in [3.63, 3.8) is 0 Å². The van der Waals surface area contributed by atoms with Crippen molar-refractivity contribution in [3.8, 4) is 5.88 Å². The van der Waals surface area contributed by atoms with Gasteiger partial charge < -0.3 is 10.1 Å². The van der Waals surface area contributed by atoms with Crippen molar-refractivity contribution in [1.82, 2.24) is 10.3 Å². The minimum absolute atomic E-state index is 0.171. The van der Waals surface area contributed by atoms with Crippen LogP contribution in [0.4, 0.5) is 0 Å². The summed E-state index contributed by atoms with van der Waals surface area (Å²) in [5.41, 5.74) is 1.16. The Labute approximate surface area is 110 Å². The molecule has 0 aliphatic heterocycles. The summed E-state index contributed by atoms with van der Waals surface area (Å²) in [6.45, 7) is 7.25. The zero-order valence-electron chi connectivity index (χ0n) is 11.6. The van der Waals surface area contributed by atoms with Gasteiger partial charge in [0, 0.05) is 24.3 Å². The van der Waals surface area contributed by atoms with Crippen molar-refractivity contribution in [1.29, 1.82) is 0 Å². The molecule has 0 spiro atoms. The van der Waals surface area contributed by atoms with Gasteiger partial charge >= 0.3 is 0 Å². The molecule has 3 nitrogen and oxygen atoms in total. The minimum Gasteiger partial charge on any atom is -0.475 e. The van der Waals surface area contributed by atoms with E-state index in [4.69, 9.17) is 4.74 Å². The predicted molar refractivity (Wildman–Crippen MR) is 73.6 cm³/mol. The molecule has 2 unspecified atom stereocenters. The van der Waals surface area contributed by atoms with Gasteiger partial charge in [-0.2, -0.15) is 0 Å². The SMILES string of the molecule is CC1CCC(NCc2cccnc2OC(C)C)C1. The van der Waals surface area contributed by atoms with Gasteiger partial charge in [-0.1, -0.05) is 13.0 Å². The molecule has 0 aromatic carbocycles. The van der Waals surface area contributed by atoms with Crippen molar-refractivity contribution in [2.24, 2.45) is 5.92 Å². The quantitative estimate of drug-likeness (QED) is 0.869. The fourth-order valence-corrected chi connectivity index (χ4v) is 2.53. The Balaban J connectivity index is 1.92. The van der Waals surface area contributed by atoms with E-state index in [2.05, 4.69) is 23.3 Å². The summed E-state index contributed by atoms with van der Waals surface area (Å²) >= 11 is 0. The van der Waals surface area contributed by atoms with Crippen LogP contribution in [0, 0.1) is 5.92 Å². The first-order chi connectivity index (χ1) is 8.65. The monoisotopic (exact) mass is 248 g/mol. The highest BCUT2D eigenvalue weighted by molar-refractivity contribution is 5.25. The van der Waals surface area contributed by atoms with Crippen LogP contribution in [0.1, 0.15) is 45.6 Å². The molecular formula is C15H24N2O. The van der Waals surface area contributed by atoms with Crippen LogP contribution in [0.25, 0.3) is 0 Å². The number of hydrogen-bond donors (Lipinski definition) is 1. The molecule has 2 atom stereocenters. The number of rotatable bonds is 5.